The third-order valence-electron chi connectivity index (χ3n) is 2.69. The second-order valence-corrected chi connectivity index (χ2v) is 4.45. The molecular formula is C11H14ClN5O. The van der Waals surface area contributed by atoms with Crippen molar-refractivity contribution in [3.8, 4) is 0 Å². The number of carbonyl (C=O) groups is 1. The van der Waals surface area contributed by atoms with Gasteiger partial charge in [0, 0.05) is 32.4 Å². The second kappa shape index (κ2) is 4.81. The van der Waals surface area contributed by atoms with Crippen LogP contribution in [0.25, 0.3) is 0 Å². The van der Waals surface area contributed by atoms with Crippen molar-refractivity contribution in [3.05, 3.63) is 34.4 Å². The van der Waals surface area contributed by atoms with Gasteiger partial charge in [-0.05, 0) is 6.92 Å². The van der Waals surface area contributed by atoms with Crippen LogP contribution in [-0.4, -0.2) is 25.5 Å². The third kappa shape index (κ3) is 2.38. The molecule has 96 valence electrons. The predicted octanol–water partition coefficient (Wildman–Crippen LogP) is 1.05. The third-order valence-corrected chi connectivity index (χ3v) is 3.14. The molecule has 0 radical (unpaired) electrons. The van der Waals surface area contributed by atoms with Crippen LogP contribution in [0.5, 0.6) is 0 Å². The lowest BCUT2D eigenvalue weighted by Gasteiger charge is -2.00. The molecule has 0 aromatic carbocycles. The summed E-state index contributed by atoms with van der Waals surface area (Å²) in [5.74, 6) is -0.285. The molecule has 0 aliphatic heterocycles. The molecule has 0 aliphatic rings. The monoisotopic (exact) mass is 267 g/mol. The van der Waals surface area contributed by atoms with Gasteiger partial charge >= 0.3 is 0 Å². The first kappa shape index (κ1) is 12.6. The van der Waals surface area contributed by atoms with Crippen molar-refractivity contribution in [2.75, 3.05) is 0 Å². The van der Waals surface area contributed by atoms with Crippen LogP contribution in [0.2, 0.25) is 5.02 Å². The van der Waals surface area contributed by atoms with Crippen molar-refractivity contribution >= 4 is 17.5 Å². The van der Waals surface area contributed by atoms with Crippen molar-refractivity contribution in [1.82, 2.24) is 24.9 Å². The van der Waals surface area contributed by atoms with E-state index in [4.69, 9.17) is 11.6 Å². The highest BCUT2D eigenvalue weighted by molar-refractivity contribution is 6.34. The van der Waals surface area contributed by atoms with Crippen LogP contribution in [0, 0.1) is 6.92 Å². The first-order valence-electron chi connectivity index (χ1n) is 5.44. The minimum Gasteiger partial charge on any atom is -0.346 e. The fourth-order valence-electron chi connectivity index (χ4n) is 1.56. The SMILES string of the molecule is Cc1c(Cl)c(C(=O)NCc2cnn(C)c2)nn1C. The molecule has 0 saturated heterocycles. The molecule has 2 heterocycles. The van der Waals surface area contributed by atoms with E-state index in [1.807, 2.05) is 20.2 Å². The summed E-state index contributed by atoms with van der Waals surface area (Å²) in [6.07, 6.45) is 3.54. The Kier molecular flexibility index (Phi) is 3.38. The molecule has 1 amide bonds. The van der Waals surface area contributed by atoms with Crippen LogP contribution in [0.3, 0.4) is 0 Å². The van der Waals surface area contributed by atoms with Gasteiger partial charge in [0.1, 0.15) is 0 Å². The Morgan fingerprint density at radius 3 is 2.72 bits per heavy atom. The summed E-state index contributed by atoms with van der Waals surface area (Å²) >= 11 is 6.03. The maximum absolute atomic E-state index is 11.9. The normalized spacial score (nSPS) is 10.7. The lowest BCUT2D eigenvalue weighted by molar-refractivity contribution is 0.0945. The Labute approximate surface area is 110 Å². The van der Waals surface area contributed by atoms with Gasteiger partial charge in [0.2, 0.25) is 0 Å². The van der Waals surface area contributed by atoms with Crippen LogP contribution in [0.15, 0.2) is 12.4 Å². The number of aromatic nitrogens is 4. The molecule has 2 aromatic heterocycles. The highest BCUT2D eigenvalue weighted by Gasteiger charge is 2.17. The van der Waals surface area contributed by atoms with E-state index in [1.165, 1.54) is 0 Å². The number of aryl methyl sites for hydroxylation is 2. The van der Waals surface area contributed by atoms with Crippen LogP contribution >= 0.6 is 11.6 Å². The van der Waals surface area contributed by atoms with E-state index in [0.717, 1.165) is 11.3 Å². The fraction of sp³-hybridized carbons (Fsp3) is 0.364. The largest absolute Gasteiger partial charge is 0.346 e. The van der Waals surface area contributed by atoms with E-state index in [9.17, 15) is 4.79 Å². The van der Waals surface area contributed by atoms with E-state index in [2.05, 4.69) is 15.5 Å². The number of carbonyl (C=O) groups excluding carboxylic acids is 1. The van der Waals surface area contributed by atoms with Gasteiger partial charge < -0.3 is 5.32 Å². The van der Waals surface area contributed by atoms with Gasteiger partial charge in [-0.25, -0.2) is 0 Å². The average molecular weight is 268 g/mol. The van der Waals surface area contributed by atoms with Gasteiger partial charge in [-0.1, -0.05) is 11.6 Å². The van der Waals surface area contributed by atoms with E-state index in [-0.39, 0.29) is 11.6 Å². The molecule has 0 aliphatic carbocycles. The minimum atomic E-state index is -0.285. The van der Waals surface area contributed by atoms with Gasteiger partial charge in [-0.2, -0.15) is 10.2 Å². The number of hydrogen-bond acceptors (Lipinski definition) is 3. The predicted molar refractivity (Wildman–Crippen MR) is 67.3 cm³/mol. The molecule has 2 aromatic rings. The van der Waals surface area contributed by atoms with Crippen LogP contribution in [-0.2, 0) is 20.6 Å². The fourth-order valence-corrected chi connectivity index (χ4v) is 1.80. The van der Waals surface area contributed by atoms with E-state index >= 15 is 0 Å². The van der Waals surface area contributed by atoms with Gasteiger partial charge in [-0.3, -0.25) is 14.2 Å². The summed E-state index contributed by atoms with van der Waals surface area (Å²) in [4.78, 5) is 11.9. The average Bonchev–Trinajstić information content (AvgIpc) is 2.86. The smallest absolute Gasteiger partial charge is 0.273 e. The number of nitrogens with zero attached hydrogens (tertiary/aromatic N) is 4. The number of amides is 1. The Morgan fingerprint density at radius 1 is 1.50 bits per heavy atom. The van der Waals surface area contributed by atoms with Gasteiger partial charge in [-0.15, -0.1) is 0 Å². The van der Waals surface area contributed by atoms with Crippen molar-refractivity contribution < 1.29 is 4.79 Å². The Hall–Kier alpha value is -1.82. The number of hydrogen-bond donors (Lipinski definition) is 1. The molecule has 0 fully saturated rings. The van der Waals surface area contributed by atoms with Crippen molar-refractivity contribution in [1.29, 1.82) is 0 Å². The quantitative estimate of drug-likeness (QED) is 0.904. The maximum Gasteiger partial charge on any atom is 0.273 e. The van der Waals surface area contributed by atoms with Crippen molar-refractivity contribution in [3.63, 3.8) is 0 Å². The summed E-state index contributed by atoms with van der Waals surface area (Å²) < 4.78 is 3.26. The molecule has 0 spiro atoms. The van der Waals surface area contributed by atoms with Crippen molar-refractivity contribution in [2.24, 2.45) is 14.1 Å². The van der Waals surface area contributed by atoms with Crippen LogP contribution in [0.4, 0.5) is 0 Å². The van der Waals surface area contributed by atoms with E-state index in [1.54, 1.807) is 22.6 Å². The number of rotatable bonds is 3. The van der Waals surface area contributed by atoms with E-state index < -0.39 is 0 Å². The van der Waals surface area contributed by atoms with E-state index in [0.29, 0.717) is 11.6 Å². The molecule has 6 nitrogen and oxygen atoms in total. The lowest BCUT2D eigenvalue weighted by atomic mass is 10.3. The second-order valence-electron chi connectivity index (χ2n) is 4.08. The van der Waals surface area contributed by atoms with Crippen molar-refractivity contribution in [2.45, 2.75) is 13.5 Å². The zero-order chi connectivity index (χ0) is 13.3. The zero-order valence-corrected chi connectivity index (χ0v) is 11.2. The van der Waals surface area contributed by atoms with Gasteiger partial charge in [0.05, 0.1) is 16.9 Å². The molecule has 2 rings (SSSR count). The van der Waals surface area contributed by atoms with Gasteiger partial charge in [0.15, 0.2) is 5.69 Å². The highest BCUT2D eigenvalue weighted by atomic mass is 35.5. The van der Waals surface area contributed by atoms with Gasteiger partial charge in [0.25, 0.3) is 5.91 Å². The Morgan fingerprint density at radius 2 is 2.22 bits per heavy atom. The summed E-state index contributed by atoms with van der Waals surface area (Å²) in [6.45, 7) is 2.21. The standard InChI is InChI=1S/C11H14ClN5O/c1-7-9(12)10(15-17(7)3)11(18)13-4-8-5-14-16(2)6-8/h5-6H,4H2,1-3H3,(H,13,18). The number of halogens is 1. The molecule has 0 unspecified atom stereocenters. The topological polar surface area (TPSA) is 64.7 Å². The highest BCUT2D eigenvalue weighted by Crippen LogP contribution is 2.18. The first-order chi connectivity index (χ1) is 8.49. The molecule has 0 saturated carbocycles. The lowest BCUT2D eigenvalue weighted by Crippen LogP contribution is -2.23. The number of nitrogens with one attached hydrogen (secondary N) is 1. The molecule has 1 N–H and O–H groups in total. The maximum atomic E-state index is 11.9. The summed E-state index contributed by atoms with van der Waals surface area (Å²) in [6, 6.07) is 0. The Balaban J connectivity index is 2.06. The van der Waals surface area contributed by atoms with Crippen LogP contribution < -0.4 is 5.32 Å². The first-order valence-corrected chi connectivity index (χ1v) is 5.81. The van der Waals surface area contributed by atoms with Crippen LogP contribution in [0.1, 0.15) is 21.7 Å². The zero-order valence-electron chi connectivity index (χ0n) is 10.4. The molecule has 18 heavy (non-hydrogen) atoms. The molecular weight excluding hydrogens is 254 g/mol. The summed E-state index contributed by atoms with van der Waals surface area (Å²) in [5, 5.41) is 11.2. The molecule has 0 atom stereocenters. The minimum absolute atomic E-state index is 0.251. The Bertz CT molecular complexity index is 586. The molecule has 7 heteroatoms. The molecule has 0 bridgehead atoms. The summed E-state index contributed by atoms with van der Waals surface area (Å²) in [7, 11) is 3.57. The summed E-state index contributed by atoms with van der Waals surface area (Å²) in [5.41, 5.74) is 1.94.